The van der Waals surface area contributed by atoms with Crippen molar-refractivity contribution in [1.29, 1.82) is 0 Å². The molecule has 3 rings (SSSR count). The zero-order valence-electron chi connectivity index (χ0n) is 14.6. The van der Waals surface area contributed by atoms with Gasteiger partial charge in [0.05, 0.1) is 13.0 Å². The molecule has 0 unspecified atom stereocenters. The number of rotatable bonds is 4. The van der Waals surface area contributed by atoms with Crippen LogP contribution in [0.4, 0.5) is 5.69 Å². The number of hydrazine groups is 1. The maximum atomic E-state index is 12.3. The van der Waals surface area contributed by atoms with E-state index in [2.05, 4.69) is 10.9 Å². The van der Waals surface area contributed by atoms with E-state index in [0.717, 1.165) is 0 Å². The largest absolute Gasteiger partial charge is 0.497 e. The predicted molar refractivity (Wildman–Crippen MR) is 101 cm³/mol. The molecule has 1 aliphatic rings. The first kappa shape index (κ1) is 18.7. The van der Waals surface area contributed by atoms with Crippen molar-refractivity contribution in [2.75, 3.05) is 18.6 Å². The van der Waals surface area contributed by atoms with Crippen LogP contribution in [0, 0.1) is 5.92 Å². The fourth-order valence-corrected chi connectivity index (χ4v) is 2.94. The lowest BCUT2D eigenvalue weighted by atomic mass is 10.1. The number of nitrogens with one attached hydrogen (secondary N) is 2. The monoisotopic (exact) mass is 387 g/mol. The quantitative estimate of drug-likeness (QED) is 0.787. The Morgan fingerprint density at radius 3 is 2.59 bits per heavy atom. The topological polar surface area (TPSA) is 87.7 Å². The van der Waals surface area contributed by atoms with Crippen molar-refractivity contribution in [2.45, 2.75) is 6.42 Å². The van der Waals surface area contributed by atoms with Gasteiger partial charge in [0.2, 0.25) is 11.8 Å². The molecular weight excluding hydrogens is 370 g/mol. The van der Waals surface area contributed by atoms with Gasteiger partial charge in [0, 0.05) is 29.2 Å². The number of amides is 3. The number of anilines is 1. The Labute approximate surface area is 161 Å². The van der Waals surface area contributed by atoms with Gasteiger partial charge >= 0.3 is 0 Å². The molecule has 1 atom stereocenters. The Kier molecular flexibility index (Phi) is 5.61. The second-order valence-corrected chi connectivity index (χ2v) is 6.49. The Bertz CT molecular complexity index is 870. The highest BCUT2D eigenvalue weighted by atomic mass is 35.5. The molecule has 0 aromatic heterocycles. The summed E-state index contributed by atoms with van der Waals surface area (Å²) in [6, 6.07) is 13.4. The van der Waals surface area contributed by atoms with Crippen LogP contribution in [0.2, 0.25) is 5.02 Å². The Morgan fingerprint density at radius 1 is 1.15 bits per heavy atom. The summed E-state index contributed by atoms with van der Waals surface area (Å²) in [6.07, 6.45) is 0.0729. The summed E-state index contributed by atoms with van der Waals surface area (Å²) in [4.78, 5) is 38.2. The molecule has 2 N–H and O–H groups in total. The van der Waals surface area contributed by atoms with Crippen LogP contribution in [0.3, 0.4) is 0 Å². The highest BCUT2D eigenvalue weighted by Gasteiger charge is 2.35. The van der Waals surface area contributed by atoms with Crippen LogP contribution in [0.5, 0.6) is 5.75 Å². The summed E-state index contributed by atoms with van der Waals surface area (Å²) in [5.74, 6) is -1.07. The second kappa shape index (κ2) is 8.09. The van der Waals surface area contributed by atoms with E-state index in [4.69, 9.17) is 16.3 Å². The van der Waals surface area contributed by atoms with Gasteiger partial charge in [-0.05, 0) is 42.5 Å². The molecule has 1 aliphatic heterocycles. The maximum absolute atomic E-state index is 12.3. The highest BCUT2D eigenvalue weighted by molar-refractivity contribution is 6.30. The average molecular weight is 388 g/mol. The van der Waals surface area contributed by atoms with Crippen LogP contribution >= 0.6 is 11.6 Å². The van der Waals surface area contributed by atoms with Crippen molar-refractivity contribution in [1.82, 2.24) is 10.9 Å². The van der Waals surface area contributed by atoms with E-state index < -0.39 is 17.7 Å². The molecule has 1 saturated heterocycles. The van der Waals surface area contributed by atoms with Gasteiger partial charge in [0.25, 0.3) is 5.91 Å². The summed E-state index contributed by atoms with van der Waals surface area (Å²) < 4.78 is 5.07. The lowest BCUT2D eigenvalue weighted by molar-refractivity contribution is -0.126. The van der Waals surface area contributed by atoms with Crippen LogP contribution < -0.4 is 20.5 Å². The second-order valence-electron chi connectivity index (χ2n) is 6.06. The van der Waals surface area contributed by atoms with Crippen LogP contribution in [0.1, 0.15) is 16.8 Å². The van der Waals surface area contributed by atoms with E-state index in [9.17, 15) is 14.4 Å². The molecule has 3 amide bonds. The molecule has 140 valence electrons. The highest BCUT2D eigenvalue weighted by Crippen LogP contribution is 2.26. The minimum Gasteiger partial charge on any atom is -0.497 e. The molecule has 0 aliphatic carbocycles. The molecule has 0 spiro atoms. The molecule has 8 heteroatoms. The van der Waals surface area contributed by atoms with Crippen LogP contribution in [-0.4, -0.2) is 31.4 Å². The zero-order valence-corrected chi connectivity index (χ0v) is 15.3. The number of nitrogens with zero attached hydrogens (tertiary/aromatic N) is 1. The SMILES string of the molecule is COc1cccc(C(=O)NNC(=O)[C@@H]2CC(=O)N(c3ccc(Cl)cc3)C2)c1. The molecule has 1 fully saturated rings. The first-order chi connectivity index (χ1) is 13.0. The lowest BCUT2D eigenvalue weighted by Crippen LogP contribution is -2.45. The fourth-order valence-electron chi connectivity index (χ4n) is 2.81. The predicted octanol–water partition coefficient (Wildman–Crippen LogP) is 2.16. The van der Waals surface area contributed by atoms with Crippen LogP contribution in [0.25, 0.3) is 0 Å². The zero-order chi connectivity index (χ0) is 19.4. The summed E-state index contributed by atoms with van der Waals surface area (Å²) in [6.45, 7) is 0.237. The molecule has 0 radical (unpaired) electrons. The van der Waals surface area contributed by atoms with Gasteiger partial charge in [-0.15, -0.1) is 0 Å². The number of carbonyl (C=O) groups excluding carboxylic acids is 3. The molecule has 2 aromatic carbocycles. The van der Waals surface area contributed by atoms with Gasteiger partial charge in [0.1, 0.15) is 5.75 Å². The van der Waals surface area contributed by atoms with Gasteiger partial charge < -0.3 is 9.64 Å². The van der Waals surface area contributed by atoms with Crippen molar-refractivity contribution in [2.24, 2.45) is 5.92 Å². The van der Waals surface area contributed by atoms with Crippen molar-refractivity contribution in [3.63, 3.8) is 0 Å². The number of halogens is 1. The first-order valence-corrected chi connectivity index (χ1v) is 8.66. The van der Waals surface area contributed by atoms with E-state index in [1.165, 1.54) is 12.0 Å². The molecule has 27 heavy (non-hydrogen) atoms. The summed E-state index contributed by atoms with van der Waals surface area (Å²) in [5.41, 5.74) is 5.77. The number of hydrogen-bond acceptors (Lipinski definition) is 4. The number of hydrogen-bond donors (Lipinski definition) is 2. The molecule has 7 nitrogen and oxygen atoms in total. The first-order valence-electron chi connectivity index (χ1n) is 8.28. The van der Waals surface area contributed by atoms with Crippen LogP contribution in [-0.2, 0) is 9.59 Å². The number of carbonyl (C=O) groups is 3. The van der Waals surface area contributed by atoms with Crippen molar-refractivity contribution < 1.29 is 19.1 Å². The molecule has 0 bridgehead atoms. The van der Waals surface area contributed by atoms with Crippen molar-refractivity contribution in [3.05, 3.63) is 59.1 Å². The fraction of sp³-hybridized carbons (Fsp3) is 0.211. The minimum absolute atomic E-state index is 0.0729. The van der Waals surface area contributed by atoms with E-state index >= 15 is 0 Å². The Balaban J connectivity index is 1.57. The minimum atomic E-state index is -0.557. The number of benzene rings is 2. The van der Waals surface area contributed by atoms with Gasteiger partial charge in [-0.25, -0.2) is 0 Å². The summed E-state index contributed by atoms with van der Waals surface area (Å²) in [5, 5.41) is 0.569. The van der Waals surface area contributed by atoms with Gasteiger partial charge in [0.15, 0.2) is 0 Å². The smallest absolute Gasteiger partial charge is 0.269 e. The average Bonchev–Trinajstić information content (AvgIpc) is 3.08. The number of methoxy groups -OCH3 is 1. The number of ether oxygens (including phenoxy) is 1. The van der Waals surface area contributed by atoms with Crippen LogP contribution in [0.15, 0.2) is 48.5 Å². The Hall–Kier alpha value is -3.06. The molecular formula is C19H18ClN3O4. The Morgan fingerprint density at radius 2 is 1.89 bits per heavy atom. The maximum Gasteiger partial charge on any atom is 0.269 e. The van der Waals surface area contributed by atoms with E-state index in [1.54, 1.807) is 48.5 Å². The normalized spacial score (nSPS) is 16.1. The third-order valence-corrected chi connectivity index (χ3v) is 4.52. The standard InChI is InChI=1S/C19H18ClN3O4/c1-27-16-4-2-3-12(9-16)18(25)21-22-19(26)13-10-17(24)23(11-13)15-7-5-14(20)6-8-15/h2-9,13H,10-11H2,1H3,(H,21,25)(H,22,26)/t13-/m1/s1. The van der Waals surface area contributed by atoms with Gasteiger partial charge in [-0.1, -0.05) is 17.7 Å². The van der Waals surface area contributed by atoms with Crippen molar-refractivity contribution in [3.8, 4) is 5.75 Å². The molecule has 1 heterocycles. The third kappa shape index (κ3) is 4.38. The van der Waals surface area contributed by atoms with Gasteiger partial charge in [-0.2, -0.15) is 0 Å². The van der Waals surface area contributed by atoms with Crippen molar-refractivity contribution >= 4 is 35.0 Å². The molecule has 0 saturated carbocycles. The van der Waals surface area contributed by atoms with E-state index in [-0.39, 0.29) is 18.9 Å². The molecule has 2 aromatic rings. The lowest BCUT2D eigenvalue weighted by Gasteiger charge is -2.17. The summed E-state index contributed by atoms with van der Waals surface area (Å²) >= 11 is 5.86. The van der Waals surface area contributed by atoms with E-state index in [0.29, 0.717) is 22.0 Å². The summed E-state index contributed by atoms with van der Waals surface area (Å²) in [7, 11) is 1.50. The third-order valence-electron chi connectivity index (χ3n) is 4.27. The van der Waals surface area contributed by atoms with Gasteiger partial charge in [-0.3, -0.25) is 25.2 Å². The van der Waals surface area contributed by atoms with E-state index in [1.807, 2.05) is 0 Å².